The largest absolute Gasteiger partial charge is 1.00 e. The Balaban J connectivity index is 0.00000240. The second kappa shape index (κ2) is 8.58. The summed E-state index contributed by atoms with van der Waals surface area (Å²) in [5.41, 5.74) is 1.58. The number of benzene rings is 1. The minimum atomic E-state index is -1.27. The normalized spacial score (nSPS) is 26.0. The number of nitrogens with zero attached hydrogens (tertiary/aromatic N) is 3. The van der Waals surface area contributed by atoms with Gasteiger partial charge in [0.1, 0.15) is 17.8 Å². The van der Waals surface area contributed by atoms with Crippen LogP contribution in [0.2, 0.25) is 0 Å². The van der Waals surface area contributed by atoms with Crippen LogP contribution in [0.4, 0.5) is 0 Å². The van der Waals surface area contributed by atoms with Crippen molar-refractivity contribution in [2.75, 3.05) is 13.7 Å². The Morgan fingerprint density at radius 1 is 1.41 bits per heavy atom. The van der Waals surface area contributed by atoms with Crippen LogP contribution in [0.3, 0.4) is 0 Å². The van der Waals surface area contributed by atoms with E-state index in [-0.39, 0.29) is 57.3 Å². The fraction of sp³-hybridized carbons (Fsp3) is 0.526. The maximum atomic E-state index is 12.8. The Kier molecular flexibility index (Phi) is 6.87. The van der Waals surface area contributed by atoms with Gasteiger partial charge >= 0.3 is 51.4 Å². The number of thioether (sulfide) groups is 1. The molecule has 0 spiro atoms. The third-order valence-electron chi connectivity index (χ3n) is 5.51. The molecule has 8 nitrogen and oxygen atoms in total. The maximum absolute atomic E-state index is 12.8. The van der Waals surface area contributed by atoms with Gasteiger partial charge < -0.3 is 29.2 Å². The molecule has 2 fully saturated rings. The van der Waals surface area contributed by atoms with Gasteiger partial charge in [-0.05, 0) is 26.0 Å². The van der Waals surface area contributed by atoms with Crippen LogP contribution in [0.15, 0.2) is 24.3 Å². The van der Waals surface area contributed by atoms with Gasteiger partial charge in [0.25, 0.3) is 0 Å². The quantitative estimate of drug-likeness (QED) is 0.378. The summed E-state index contributed by atoms with van der Waals surface area (Å²) in [4.78, 5) is 30.3. The molecular formula is C19H22KN3O5S. The van der Waals surface area contributed by atoms with Gasteiger partial charge in [0.2, 0.25) is 5.91 Å². The van der Waals surface area contributed by atoms with Crippen molar-refractivity contribution in [3.8, 4) is 0 Å². The number of imidazole rings is 1. The maximum Gasteiger partial charge on any atom is 1.00 e. The number of fused-ring (bicyclic) bond motifs is 2. The summed E-state index contributed by atoms with van der Waals surface area (Å²) < 4.78 is 6.35. The van der Waals surface area contributed by atoms with Gasteiger partial charge in [0.05, 0.1) is 35.0 Å². The number of aromatic nitrogens is 2. The van der Waals surface area contributed by atoms with Crippen LogP contribution in [-0.4, -0.2) is 61.3 Å². The first-order chi connectivity index (χ1) is 13.3. The zero-order chi connectivity index (χ0) is 20.2. The zero-order valence-electron chi connectivity index (χ0n) is 16.9. The Morgan fingerprint density at radius 3 is 2.76 bits per heavy atom. The van der Waals surface area contributed by atoms with Crippen molar-refractivity contribution in [3.63, 3.8) is 0 Å². The summed E-state index contributed by atoms with van der Waals surface area (Å²) >= 11 is 1.38. The smallest absolute Gasteiger partial charge is 0.548 e. The summed E-state index contributed by atoms with van der Waals surface area (Å²) in [6, 6.07) is 6.50. The van der Waals surface area contributed by atoms with Crippen molar-refractivity contribution in [2.45, 2.75) is 42.7 Å². The van der Waals surface area contributed by atoms with Crippen LogP contribution < -0.4 is 56.5 Å². The molecule has 1 aromatic carbocycles. The molecule has 4 atom stereocenters. The van der Waals surface area contributed by atoms with Crippen LogP contribution in [0.1, 0.15) is 25.8 Å². The fourth-order valence-corrected chi connectivity index (χ4v) is 5.92. The van der Waals surface area contributed by atoms with Crippen molar-refractivity contribution in [1.29, 1.82) is 0 Å². The van der Waals surface area contributed by atoms with Gasteiger partial charge in [-0.1, -0.05) is 12.1 Å². The Morgan fingerprint density at radius 2 is 2.10 bits per heavy atom. The van der Waals surface area contributed by atoms with Gasteiger partial charge in [-0.3, -0.25) is 4.79 Å². The van der Waals surface area contributed by atoms with E-state index in [1.165, 1.54) is 16.7 Å². The van der Waals surface area contributed by atoms with Gasteiger partial charge in [-0.15, -0.1) is 11.8 Å². The van der Waals surface area contributed by atoms with Gasteiger partial charge in [-0.25, -0.2) is 4.98 Å². The number of aliphatic hydroxyl groups is 1. The number of rotatable bonds is 6. The zero-order valence-corrected chi connectivity index (χ0v) is 20.8. The van der Waals surface area contributed by atoms with Crippen LogP contribution in [0.5, 0.6) is 0 Å². The summed E-state index contributed by atoms with van der Waals surface area (Å²) in [6.07, 6.45) is -1.14. The SMILES string of the molecule is COCCn1c([C@@H](O)[C@@H]2C(=O)N3[C@@H]2SC(C)(C)[C@@H]3C(=O)[O-])nc2ccccc21.[K+]. The number of para-hydroxylation sites is 2. The average molecular weight is 444 g/mol. The molecule has 4 rings (SSSR count). The number of carboxylic acid groups (broad SMARTS) is 1. The summed E-state index contributed by atoms with van der Waals surface area (Å²) in [6.45, 7) is 4.48. The molecule has 2 aromatic rings. The van der Waals surface area contributed by atoms with E-state index in [0.717, 1.165) is 11.0 Å². The molecule has 2 aliphatic rings. The van der Waals surface area contributed by atoms with E-state index in [9.17, 15) is 19.8 Å². The molecule has 2 saturated heterocycles. The van der Waals surface area contributed by atoms with Crippen LogP contribution in [0, 0.1) is 5.92 Å². The number of β-lactam (4-membered cyclic amide) rings is 1. The second-order valence-corrected chi connectivity index (χ2v) is 9.42. The van der Waals surface area contributed by atoms with E-state index in [4.69, 9.17) is 4.74 Å². The minimum Gasteiger partial charge on any atom is -0.548 e. The summed E-state index contributed by atoms with van der Waals surface area (Å²) in [5.74, 6) is -2.00. The summed E-state index contributed by atoms with van der Waals surface area (Å²) in [7, 11) is 1.60. The van der Waals surface area contributed by atoms with E-state index in [1.54, 1.807) is 21.0 Å². The van der Waals surface area contributed by atoms with E-state index >= 15 is 0 Å². The molecule has 1 N–H and O–H groups in total. The van der Waals surface area contributed by atoms with Crippen molar-refractivity contribution in [3.05, 3.63) is 30.1 Å². The molecule has 0 aliphatic carbocycles. The topological polar surface area (TPSA) is 108 Å². The first-order valence-electron chi connectivity index (χ1n) is 9.11. The third-order valence-corrected chi connectivity index (χ3v) is 7.11. The van der Waals surface area contributed by atoms with Crippen LogP contribution in [0.25, 0.3) is 11.0 Å². The standard InChI is InChI=1S/C19H23N3O5S.K/c1-19(2)14(18(25)26)22-16(24)12(17(22)28-19)13(23)15-20-10-6-4-5-7-11(10)21(15)8-9-27-3;/h4-7,12-14,17,23H,8-9H2,1-3H3,(H,25,26);/q;+1/p-1/t12-,13+,14+,17-;/m1./s1. The fourth-order valence-electron chi connectivity index (χ4n) is 4.21. The first-order valence-corrected chi connectivity index (χ1v) is 9.99. The molecule has 0 radical (unpaired) electrons. The van der Waals surface area contributed by atoms with Gasteiger partial charge in [0, 0.05) is 18.4 Å². The van der Waals surface area contributed by atoms with Crippen molar-refractivity contribution in [1.82, 2.24) is 14.5 Å². The number of hydrogen-bond acceptors (Lipinski definition) is 7. The molecule has 3 heterocycles. The molecule has 29 heavy (non-hydrogen) atoms. The van der Waals surface area contributed by atoms with E-state index in [1.807, 2.05) is 28.8 Å². The molecule has 0 unspecified atom stereocenters. The number of amides is 1. The number of methoxy groups -OCH3 is 1. The molecule has 150 valence electrons. The summed E-state index contributed by atoms with van der Waals surface area (Å²) in [5, 5.41) is 22.2. The van der Waals surface area contributed by atoms with Crippen LogP contribution >= 0.6 is 11.8 Å². The second-order valence-electron chi connectivity index (χ2n) is 7.65. The Bertz CT molecular complexity index is 949. The number of aliphatic carboxylic acids is 1. The van der Waals surface area contributed by atoms with Crippen molar-refractivity contribution < 1.29 is 75.9 Å². The van der Waals surface area contributed by atoms with Gasteiger partial charge in [-0.2, -0.15) is 0 Å². The molecule has 0 bridgehead atoms. The number of hydrogen-bond donors (Lipinski definition) is 1. The third kappa shape index (κ3) is 3.71. The average Bonchev–Trinajstić information content (AvgIpc) is 3.12. The van der Waals surface area contributed by atoms with Crippen molar-refractivity contribution in [2.24, 2.45) is 5.92 Å². The Labute approximate surface area is 215 Å². The molecule has 2 aliphatic heterocycles. The van der Waals surface area contributed by atoms with E-state index in [2.05, 4.69) is 4.98 Å². The molecule has 1 aromatic heterocycles. The molecule has 1 amide bonds. The van der Waals surface area contributed by atoms with Crippen molar-refractivity contribution >= 4 is 34.7 Å². The first kappa shape index (κ1) is 23.2. The predicted octanol–water partition coefficient (Wildman–Crippen LogP) is -2.85. The molecule has 0 saturated carbocycles. The monoisotopic (exact) mass is 443 g/mol. The van der Waals surface area contributed by atoms with Gasteiger partial charge in [0.15, 0.2) is 0 Å². The van der Waals surface area contributed by atoms with E-state index < -0.39 is 34.2 Å². The number of carbonyl (C=O) groups is 2. The van der Waals surface area contributed by atoms with Crippen LogP contribution in [-0.2, 0) is 20.9 Å². The minimum absolute atomic E-state index is 0. The Hall–Kier alpha value is -0.464. The van der Waals surface area contributed by atoms with E-state index in [0.29, 0.717) is 19.0 Å². The molecule has 10 heteroatoms. The predicted molar refractivity (Wildman–Crippen MR) is 101 cm³/mol. The number of carboxylic acids is 1. The number of aliphatic hydroxyl groups excluding tert-OH is 1. The molecular weight excluding hydrogens is 421 g/mol. The number of ether oxygens (including phenoxy) is 1. The number of carbonyl (C=O) groups excluding carboxylic acids is 2.